The van der Waals surface area contributed by atoms with E-state index in [1.54, 1.807) is 29.9 Å². The van der Waals surface area contributed by atoms with Crippen LogP contribution in [0.15, 0.2) is 54.2 Å². The topological polar surface area (TPSA) is 84.0 Å². The first-order valence-electron chi connectivity index (χ1n) is 8.27. The molecule has 2 aromatic heterocycles. The van der Waals surface area contributed by atoms with Gasteiger partial charge in [-0.25, -0.2) is 4.98 Å². The quantitative estimate of drug-likeness (QED) is 0.637. The van der Waals surface area contributed by atoms with Crippen molar-refractivity contribution >= 4 is 34.8 Å². The monoisotopic (exact) mass is 400 g/mol. The van der Waals surface area contributed by atoms with E-state index in [4.69, 9.17) is 11.6 Å². The zero-order valence-corrected chi connectivity index (χ0v) is 15.9. The van der Waals surface area contributed by atoms with Crippen molar-refractivity contribution in [3.63, 3.8) is 0 Å². The molecule has 8 heteroatoms. The maximum atomic E-state index is 12.2. The van der Waals surface area contributed by atoms with Gasteiger partial charge < -0.3 is 10.6 Å². The number of nitrogens with zero attached hydrogens (tertiary/aromatic N) is 2. The Hall–Kier alpha value is -2.77. The second-order valence-electron chi connectivity index (χ2n) is 5.68. The van der Waals surface area contributed by atoms with E-state index < -0.39 is 0 Å². The van der Waals surface area contributed by atoms with Crippen molar-refractivity contribution in [2.24, 2.45) is 0 Å². The van der Waals surface area contributed by atoms with Gasteiger partial charge in [0.1, 0.15) is 10.7 Å². The fourth-order valence-corrected chi connectivity index (χ4v) is 3.21. The third kappa shape index (κ3) is 5.60. The SMILES string of the molecule is O=C(CCNC(=O)c1csc(-c2ccc(Cl)cc2)n1)NCc1ccncc1. The number of halogens is 1. The lowest BCUT2D eigenvalue weighted by Gasteiger charge is -2.06. The zero-order valence-electron chi connectivity index (χ0n) is 14.3. The molecular weight excluding hydrogens is 384 g/mol. The molecule has 0 aliphatic rings. The minimum atomic E-state index is -0.298. The molecule has 6 nitrogen and oxygen atoms in total. The molecule has 0 saturated carbocycles. The average Bonchev–Trinajstić information content (AvgIpc) is 3.18. The van der Waals surface area contributed by atoms with Gasteiger partial charge in [-0.2, -0.15) is 0 Å². The first-order chi connectivity index (χ1) is 13.1. The Balaban J connectivity index is 1.44. The van der Waals surface area contributed by atoms with Gasteiger partial charge in [0, 0.05) is 47.9 Å². The van der Waals surface area contributed by atoms with Gasteiger partial charge in [-0.1, -0.05) is 23.7 Å². The second-order valence-corrected chi connectivity index (χ2v) is 6.98. The van der Waals surface area contributed by atoms with E-state index in [0.29, 0.717) is 17.3 Å². The highest BCUT2D eigenvalue weighted by molar-refractivity contribution is 7.13. The van der Waals surface area contributed by atoms with Crippen LogP contribution in [0.25, 0.3) is 10.6 Å². The van der Waals surface area contributed by atoms with Crippen LogP contribution in [0, 0.1) is 0 Å². The lowest BCUT2D eigenvalue weighted by atomic mass is 10.2. The fourth-order valence-electron chi connectivity index (χ4n) is 2.27. The molecule has 3 rings (SSSR count). The highest BCUT2D eigenvalue weighted by Gasteiger charge is 2.12. The lowest BCUT2D eigenvalue weighted by Crippen LogP contribution is -2.30. The Labute approximate surface area is 165 Å². The third-order valence-corrected chi connectivity index (χ3v) is 4.85. The summed E-state index contributed by atoms with van der Waals surface area (Å²) < 4.78 is 0. The number of hydrogen-bond acceptors (Lipinski definition) is 5. The molecule has 0 spiro atoms. The van der Waals surface area contributed by atoms with Gasteiger partial charge in [-0.05, 0) is 29.8 Å². The second kappa shape index (κ2) is 9.25. The summed E-state index contributed by atoms with van der Waals surface area (Å²) in [4.78, 5) is 32.3. The Bertz CT molecular complexity index is 913. The molecular formula is C19H17ClN4O2S. The first kappa shape index (κ1) is 19.0. The summed E-state index contributed by atoms with van der Waals surface area (Å²) in [5, 5.41) is 8.60. The van der Waals surface area contributed by atoms with E-state index in [1.807, 2.05) is 24.3 Å². The van der Waals surface area contributed by atoms with Gasteiger partial charge in [0.05, 0.1) is 0 Å². The molecule has 3 aromatic rings. The minimum absolute atomic E-state index is 0.132. The largest absolute Gasteiger partial charge is 0.352 e. The number of carbonyl (C=O) groups is 2. The normalized spacial score (nSPS) is 10.4. The van der Waals surface area contributed by atoms with Gasteiger partial charge in [0.25, 0.3) is 5.91 Å². The number of hydrogen-bond donors (Lipinski definition) is 2. The van der Waals surface area contributed by atoms with Crippen molar-refractivity contribution in [2.45, 2.75) is 13.0 Å². The number of rotatable bonds is 7. The molecule has 1 aromatic carbocycles. The molecule has 0 aliphatic heterocycles. The molecule has 0 bridgehead atoms. The van der Waals surface area contributed by atoms with Crippen molar-refractivity contribution in [3.05, 3.63) is 70.5 Å². The Kier molecular flexibility index (Phi) is 6.51. The Morgan fingerprint density at radius 3 is 2.52 bits per heavy atom. The van der Waals surface area contributed by atoms with Crippen molar-refractivity contribution in [3.8, 4) is 10.6 Å². The van der Waals surface area contributed by atoms with E-state index in [0.717, 1.165) is 16.1 Å². The fraction of sp³-hybridized carbons (Fsp3) is 0.158. The lowest BCUT2D eigenvalue weighted by molar-refractivity contribution is -0.121. The van der Waals surface area contributed by atoms with E-state index in [2.05, 4.69) is 20.6 Å². The number of nitrogens with one attached hydrogen (secondary N) is 2. The zero-order chi connectivity index (χ0) is 19.1. The summed E-state index contributed by atoms with van der Waals surface area (Å²) in [5.41, 5.74) is 2.21. The van der Waals surface area contributed by atoms with Crippen LogP contribution in [0.1, 0.15) is 22.5 Å². The summed E-state index contributed by atoms with van der Waals surface area (Å²) in [7, 11) is 0. The molecule has 2 N–H and O–H groups in total. The van der Waals surface area contributed by atoms with Gasteiger partial charge in [0.2, 0.25) is 5.91 Å². The molecule has 0 radical (unpaired) electrons. The van der Waals surface area contributed by atoms with E-state index in [1.165, 1.54) is 11.3 Å². The average molecular weight is 401 g/mol. The number of aromatic nitrogens is 2. The van der Waals surface area contributed by atoms with Crippen LogP contribution in [-0.2, 0) is 11.3 Å². The van der Waals surface area contributed by atoms with Crippen LogP contribution in [0.5, 0.6) is 0 Å². The maximum absolute atomic E-state index is 12.2. The van der Waals surface area contributed by atoms with Crippen LogP contribution in [-0.4, -0.2) is 28.3 Å². The Morgan fingerprint density at radius 1 is 1.04 bits per heavy atom. The van der Waals surface area contributed by atoms with Crippen LogP contribution in [0.3, 0.4) is 0 Å². The number of benzene rings is 1. The van der Waals surface area contributed by atoms with Crippen molar-refractivity contribution in [1.82, 2.24) is 20.6 Å². The summed E-state index contributed by atoms with van der Waals surface area (Å²) in [6, 6.07) is 10.9. The highest BCUT2D eigenvalue weighted by Crippen LogP contribution is 2.25. The van der Waals surface area contributed by atoms with Crippen LogP contribution in [0.4, 0.5) is 0 Å². The van der Waals surface area contributed by atoms with E-state index in [9.17, 15) is 9.59 Å². The first-order valence-corrected chi connectivity index (χ1v) is 9.53. The Morgan fingerprint density at radius 2 is 1.78 bits per heavy atom. The molecule has 0 unspecified atom stereocenters. The standard InChI is InChI=1S/C19H17ClN4O2S/c20-15-3-1-14(2-4-15)19-24-16(12-27-19)18(26)22-10-7-17(25)23-11-13-5-8-21-9-6-13/h1-6,8-9,12H,7,10-11H2,(H,22,26)(H,23,25). The van der Waals surface area contributed by atoms with Crippen LogP contribution in [0.2, 0.25) is 5.02 Å². The molecule has 138 valence electrons. The number of carbonyl (C=O) groups excluding carboxylic acids is 2. The number of amides is 2. The number of pyridine rings is 1. The van der Waals surface area contributed by atoms with Gasteiger partial charge in [0.15, 0.2) is 0 Å². The van der Waals surface area contributed by atoms with E-state index in [-0.39, 0.29) is 24.8 Å². The van der Waals surface area contributed by atoms with Gasteiger partial charge in [-0.15, -0.1) is 11.3 Å². The smallest absolute Gasteiger partial charge is 0.270 e. The van der Waals surface area contributed by atoms with Gasteiger partial charge in [-0.3, -0.25) is 14.6 Å². The van der Waals surface area contributed by atoms with Crippen LogP contribution < -0.4 is 10.6 Å². The maximum Gasteiger partial charge on any atom is 0.270 e. The predicted octanol–water partition coefficient (Wildman–Crippen LogP) is 3.29. The molecule has 2 heterocycles. The van der Waals surface area contributed by atoms with Gasteiger partial charge >= 0.3 is 0 Å². The molecule has 2 amide bonds. The molecule has 0 saturated heterocycles. The highest BCUT2D eigenvalue weighted by atomic mass is 35.5. The number of thiazole rings is 1. The molecule has 0 fully saturated rings. The summed E-state index contributed by atoms with van der Waals surface area (Å²) >= 11 is 7.26. The molecule has 0 aliphatic carbocycles. The summed E-state index contributed by atoms with van der Waals surface area (Å²) in [6.45, 7) is 0.681. The predicted molar refractivity (Wildman–Crippen MR) is 106 cm³/mol. The van der Waals surface area contributed by atoms with E-state index >= 15 is 0 Å². The summed E-state index contributed by atoms with van der Waals surface area (Å²) in [6.07, 6.45) is 3.55. The van der Waals surface area contributed by atoms with Crippen molar-refractivity contribution < 1.29 is 9.59 Å². The molecule has 0 atom stereocenters. The van der Waals surface area contributed by atoms with Crippen molar-refractivity contribution in [2.75, 3.05) is 6.54 Å². The summed E-state index contributed by atoms with van der Waals surface area (Å²) in [5.74, 6) is -0.430. The van der Waals surface area contributed by atoms with Crippen LogP contribution >= 0.6 is 22.9 Å². The van der Waals surface area contributed by atoms with Crippen molar-refractivity contribution in [1.29, 1.82) is 0 Å². The third-order valence-electron chi connectivity index (χ3n) is 3.70. The minimum Gasteiger partial charge on any atom is -0.352 e. The molecule has 27 heavy (non-hydrogen) atoms.